The lowest BCUT2D eigenvalue weighted by Crippen LogP contribution is -2.37. The van der Waals surface area contributed by atoms with E-state index in [9.17, 15) is 4.79 Å². The lowest BCUT2D eigenvalue weighted by molar-refractivity contribution is -0.118. The molecular weight excluding hydrogens is 343 g/mol. The molecule has 22 heavy (non-hydrogen) atoms. The fourth-order valence-corrected chi connectivity index (χ4v) is 3.12. The predicted octanol–water partition coefficient (Wildman–Crippen LogP) is 2.75. The summed E-state index contributed by atoms with van der Waals surface area (Å²) in [5.74, 6) is 0.661. The van der Waals surface area contributed by atoms with Crippen LogP contribution in [0.5, 0.6) is 0 Å². The van der Waals surface area contributed by atoms with Crippen molar-refractivity contribution in [1.82, 2.24) is 10.6 Å². The third kappa shape index (κ3) is 5.03. The standard InChI is InChI=1S/C15H20Cl2N2O2S/c1-22-9-14(20)19-8-11-7-18-4-5-21-15(11)10-2-3-12(16)13(17)6-10/h2-3,6,11,15,18H,4-5,7-9H2,1H3,(H,19,20)/t11-,15-/m1/s1. The minimum atomic E-state index is -0.112. The Hall–Kier alpha value is -0.460. The molecule has 1 amide bonds. The molecule has 1 heterocycles. The van der Waals surface area contributed by atoms with E-state index in [1.165, 1.54) is 11.8 Å². The van der Waals surface area contributed by atoms with E-state index in [4.69, 9.17) is 27.9 Å². The van der Waals surface area contributed by atoms with Gasteiger partial charge in [-0.05, 0) is 24.0 Å². The van der Waals surface area contributed by atoms with Gasteiger partial charge in [0.1, 0.15) is 0 Å². The number of carbonyl (C=O) groups is 1. The van der Waals surface area contributed by atoms with Crippen LogP contribution in [0.1, 0.15) is 11.7 Å². The van der Waals surface area contributed by atoms with Gasteiger partial charge in [-0.1, -0.05) is 29.3 Å². The van der Waals surface area contributed by atoms with Gasteiger partial charge in [-0.15, -0.1) is 0 Å². The Morgan fingerprint density at radius 3 is 3.00 bits per heavy atom. The van der Waals surface area contributed by atoms with Gasteiger partial charge >= 0.3 is 0 Å². The monoisotopic (exact) mass is 362 g/mol. The van der Waals surface area contributed by atoms with E-state index in [2.05, 4.69) is 10.6 Å². The normalized spacial score (nSPS) is 22.1. The van der Waals surface area contributed by atoms with Gasteiger partial charge in [0.25, 0.3) is 0 Å². The molecule has 1 fully saturated rings. The zero-order valence-corrected chi connectivity index (χ0v) is 14.7. The van der Waals surface area contributed by atoms with Crippen molar-refractivity contribution in [1.29, 1.82) is 0 Å². The summed E-state index contributed by atoms with van der Waals surface area (Å²) in [5, 5.41) is 7.35. The van der Waals surface area contributed by atoms with Crippen molar-refractivity contribution in [3.63, 3.8) is 0 Å². The van der Waals surface area contributed by atoms with Crippen LogP contribution in [0.15, 0.2) is 18.2 Å². The first-order valence-electron chi connectivity index (χ1n) is 7.14. The minimum Gasteiger partial charge on any atom is -0.372 e. The molecule has 122 valence electrons. The van der Waals surface area contributed by atoms with E-state index in [-0.39, 0.29) is 17.9 Å². The fraction of sp³-hybridized carbons (Fsp3) is 0.533. The van der Waals surface area contributed by atoms with Crippen LogP contribution >= 0.6 is 35.0 Å². The highest BCUT2D eigenvalue weighted by Gasteiger charge is 2.27. The molecule has 2 N–H and O–H groups in total. The number of benzene rings is 1. The first-order chi connectivity index (χ1) is 10.6. The van der Waals surface area contributed by atoms with E-state index in [0.29, 0.717) is 28.9 Å². The molecule has 0 aliphatic carbocycles. The summed E-state index contributed by atoms with van der Waals surface area (Å²) in [5.41, 5.74) is 0.988. The summed E-state index contributed by atoms with van der Waals surface area (Å²) < 4.78 is 5.97. The molecule has 4 nitrogen and oxygen atoms in total. The number of thioether (sulfide) groups is 1. The van der Waals surface area contributed by atoms with Crippen molar-refractivity contribution in [3.05, 3.63) is 33.8 Å². The van der Waals surface area contributed by atoms with E-state index >= 15 is 0 Å². The molecule has 0 spiro atoms. The molecular formula is C15H20Cl2N2O2S. The average molecular weight is 363 g/mol. The summed E-state index contributed by atoms with van der Waals surface area (Å²) in [6, 6.07) is 5.56. The van der Waals surface area contributed by atoms with Crippen LogP contribution < -0.4 is 10.6 Å². The molecule has 1 aliphatic heterocycles. The van der Waals surface area contributed by atoms with Crippen LogP contribution in [0.25, 0.3) is 0 Å². The molecule has 0 bridgehead atoms. The topological polar surface area (TPSA) is 50.4 Å². The lowest BCUT2D eigenvalue weighted by atomic mass is 9.95. The summed E-state index contributed by atoms with van der Waals surface area (Å²) >= 11 is 13.6. The highest BCUT2D eigenvalue weighted by atomic mass is 35.5. The summed E-state index contributed by atoms with van der Waals surface area (Å²) in [4.78, 5) is 11.7. The molecule has 1 aromatic carbocycles. The molecule has 7 heteroatoms. The summed E-state index contributed by atoms with van der Waals surface area (Å²) in [6.07, 6.45) is 1.80. The Labute approximate surface area is 145 Å². The molecule has 0 saturated carbocycles. The predicted molar refractivity (Wildman–Crippen MR) is 92.9 cm³/mol. The highest BCUT2D eigenvalue weighted by Crippen LogP contribution is 2.31. The van der Waals surface area contributed by atoms with Gasteiger partial charge in [0.05, 0.1) is 28.5 Å². The van der Waals surface area contributed by atoms with Crippen LogP contribution in [0.4, 0.5) is 0 Å². The van der Waals surface area contributed by atoms with Crippen molar-refractivity contribution >= 4 is 40.9 Å². The number of carbonyl (C=O) groups excluding carboxylic acids is 1. The Morgan fingerprint density at radius 1 is 1.45 bits per heavy atom. The molecule has 2 rings (SSSR count). The molecule has 0 radical (unpaired) electrons. The second kappa shape index (κ2) is 8.99. The Balaban J connectivity index is 2.09. The average Bonchev–Trinajstić information content (AvgIpc) is 2.74. The number of nitrogens with one attached hydrogen (secondary N) is 2. The first-order valence-corrected chi connectivity index (χ1v) is 9.29. The summed E-state index contributed by atoms with van der Waals surface area (Å²) in [7, 11) is 0. The van der Waals surface area contributed by atoms with Crippen LogP contribution in [0.2, 0.25) is 10.0 Å². The number of hydrogen-bond acceptors (Lipinski definition) is 4. The van der Waals surface area contributed by atoms with E-state index < -0.39 is 0 Å². The fourth-order valence-electron chi connectivity index (χ4n) is 2.45. The van der Waals surface area contributed by atoms with Gasteiger partial charge in [0, 0.05) is 25.6 Å². The maximum Gasteiger partial charge on any atom is 0.229 e. The quantitative estimate of drug-likeness (QED) is 0.845. The third-order valence-electron chi connectivity index (χ3n) is 3.52. The van der Waals surface area contributed by atoms with Gasteiger partial charge in [0.2, 0.25) is 5.91 Å². The van der Waals surface area contributed by atoms with Crippen LogP contribution in [-0.2, 0) is 9.53 Å². The van der Waals surface area contributed by atoms with E-state index in [0.717, 1.165) is 18.7 Å². The summed E-state index contributed by atoms with van der Waals surface area (Å²) in [6.45, 7) is 2.77. The number of amides is 1. The van der Waals surface area contributed by atoms with E-state index in [1.54, 1.807) is 6.07 Å². The van der Waals surface area contributed by atoms with Gasteiger partial charge in [0.15, 0.2) is 0 Å². The van der Waals surface area contributed by atoms with Crippen molar-refractivity contribution in [2.75, 3.05) is 38.2 Å². The van der Waals surface area contributed by atoms with Gasteiger partial charge < -0.3 is 15.4 Å². The zero-order chi connectivity index (χ0) is 15.9. The lowest BCUT2D eigenvalue weighted by Gasteiger charge is -2.25. The Bertz CT molecular complexity index is 516. The smallest absolute Gasteiger partial charge is 0.229 e. The molecule has 1 aliphatic rings. The maximum absolute atomic E-state index is 11.7. The molecule has 1 aromatic rings. The van der Waals surface area contributed by atoms with E-state index in [1.807, 2.05) is 18.4 Å². The first kappa shape index (κ1) is 17.9. The van der Waals surface area contributed by atoms with Crippen molar-refractivity contribution in [2.24, 2.45) is 5.92 Å². The largest absolute Gasteiger partial charge is 0.372 e. The van der Waals surface area contributed by atoms with Crippen molar-refractivity contribution < 1.29 is 9.53 Å². The second-order valence-electron chi connectivity index (χ2n) is 5.17. The maximum atomic E-state index is 11.7. The SMILES string of the molecule is CSCC(=O)NC[C@H]1CNCCO[C@@H]1c1ccc(Cl)c(Cl)c1. The molecule has 1 saturated heterocycles. The number of halogens is 2. The Kier molecular flexibility index (Phi) is 7.31. The zero-order valence-electron chi connectivity index (χ0n) is 12.4. The highest BCUT2D eigenvalue weighted by molar-refractivity contribution is 7.99. The van der Waals surface area contributed by atoms with Gasteiger partial charge in [-0.3, -0.25) is 4.79 Å². The van der Waals surface area contributed by atoms with Crippen LogP contribution in [0, 0.1) is 5.92 Å². The van der Waals surface area contributed by atoms with Gasteiger partial charge in [-0.25, -0.2) is 0 Å². The number of rotatable bonds is 5. The van der Waals surface area contributed by atoms with Crippen molar-refractivity contribution in [3.8, 4) is 0 Å². The third-order valence-corrected chi connectivity index (χ3v) is 4.81. The Morgan fingerprint density at radius 2 is 2.27 bits per heavy atom. The minimum absolute atomic E-state index is 0.0460. The van der Waals surface area contributed by atoms with Gasteiger partial charge in [-0.2, -0.15) is 11.8 Å². The molecule has 0 aromatic heterocycles. The number of ether oxygens (including phenoxy) is 1. The van der Waals surface area contributed by atoms with Crippen LogP contribution in [-0.4, -0.2) is 44.2 Å². The molecule has 0 unspecified atom stereocenters. The molecule has 2 atom stereocenters. The van der Waals surface area contributed by atoms with Crippen molar-refractivity contribution in [2.45, 2.75) is 6.10 Å². The van der Waals surface area contributed by atoms with Crippen LogP contribution in [0.3, 0.4) is 0 Å². The number of hydrogen-bond donors (Lipinski definition) is 2. The second-order valence-corrected chi connectivity index (χ2v) is 6.85.